The van der Waals surface area contributed by atoms with Crippen molar-refractivity contribution in [1.29, 1.82) is 0 Å². The second-order valence-corrected chi connectivity index (χ2v) is 7.71. The Morgan fingerprint density at radius 1 is 1.26 bits per heavy atom. The van der Waals surface area contributed by atoms with Crippen molar-refractivity contribution in [3.05, 3.63) is 24.0 Å². The van der Waals surface area contributed by atoms with Crippen LogP contribution in [0.15, 0.2) is 18.2 Å². The molecular formula is C19H25FN6O4S. The molecule has 2 fully saturated rings. The van der Waals surface area contributed by atoms with Gasteiger partial charge in [0.1, 0.15) is 11.9 Å². The fourth-order valence-electron chi connectivity index (χ4n) is 3.49. The Balaban J connectivity index is 1.58. The molecule has 168 valence electrons. The first kappa shape index (κ1) is 22.5. The largest absolute Gasteiger partial charge is 0.442 e. The maximum Gasteiger partial charge on any atom is 0.414 e. The lowest BCUT2D eigenvalue weighted by Crippen LogP contribution is -2.51. The third kappa shape index (κ3) is 5.72. The molecule has 2 aliphatic rings. The lowest BCUT2D eigenvalue weighted by molar-refractivity contribution is -0.130. The van der Waals surface area contributed by atoms with Crippen LogP contribution in [0.1, 0.15) is 6.92 Å². The van der Waals surface area contributed by atoms with E-state index >= 15 is 0 Å². The normalized spacial score (nSPS) is 18.6. The molecule has 0 radical (unpaired) electrons. The summed E-state index contributed by atoms with van der Waals surface area (Å²) in [5.74, 6) is -0.805. The molecule has 0 bridgehead atoms. The van der Waals surface area contributed by atoms with E-state index in [2.05, 4.69) is 10.6 Å². The predicted octanol–water partition coefficient (Wildman–Crippen LogP) is -0.231. The molecule has 4 N–H and O–H groups in total. The monoisotopic (exact) mass is 452 g/mol. The summed E-state index contributed by atoms with van der Waals surface area (Å²) in [4.78, 5) is 40.1. The van der Waals surface area contributed by atoms with E-state index in [4.69, 9.17) is 22.7 Å². The highest BCUT2D eigenvalue weighted by Gasteiger charge is 2.33. The highest BCUT2D eigenvalue weighted by Crippen LogP contribution is 2.28. The van der Waals surface area contributed by atoms with E-state index in [9.17, 15) is 18.8 Å². The quantitative estimate of drug-likeness (QED) is 0.507. The fourth-order valence-corrected chi connectivity index (χ4v) is 3.56. The molecular weight excluding hydrogens is 427 g/mol. The van der Waals surface area contributed by atoms with Gasteiger partial charge in [0.2, 0.25) is 11.8 Å². The number of nitrogens with two attached hydrogens (primary N) is 1. The van der Waals surface area contributed by atoms with Gasteiger partial charge in [-0.3, -0.25) is 14.5 Å². The van der Waals surface area contributed by atoms with E-state index in [1.165, 1.54) is 17.9 Å². The minimum atomic E-state index is -0.583. The minimum absolute atomic E-state index is 0.0350. The number of cyclic esters (lactones) is 1. The maximum atomic E-state index is 14.8. The van der Waals surface area contributed by atoms with Gasteiger partial charge in [0.25, 0.3) is 0 Å². The molecule has 10 nitrogen and oxygen atoms in total. The number of rotatable bonds is 6. The summed E-state index contributed by atoms with van der Waals surface area (Å²) in [6.07, 6.45) is -1.08. The number of benzene rings is 1. The molecule has 2 heterocycles. The van der Waals surface area contributed by atoms with E-state index < -0.39 is 18.0 Å². The van der Waals surface area contributed by atoms with Crippen molar-refractivity contribution < 1.29 is 23.5 Å². The molecule has 1 aromatic rings. The van der Waals surface area contributed by atoms with E-state index in [1.807, 2.05) is 4.90 Å². The number of amides is 3. The van der Waals surface area contributed by atoms with Crippen molar-refractivity contribution in [1.82, 2.24) is 15.5 Å². The Kier molecular flexibility index (Phi) is 7.10. The average molecular weight is 453 g/mol. The highest BCUT2D eigenvalue weighted by molar-refractivity contribution is 7.80. The molecule has 31 heavy (non-hydrogen) atoms. The molecule has 1 unspecified atom stereocenters. The third-order valence-corrected chi connectivity index (χ3v) is 5.23. The lowest BCUT2D eigenvalue weighted by atomic mass is 10.2. The van der Waals surface area contributed by atoms with Gasteiger partial charge in [-0.05, 0) is 30.4 Å². The zero-order chi connectivity index (χ0) is 22.5. The summed E-state index contributed by atoms with van der Waals surface area (Å²) in [5.41, 5.74) is 6.12. The number of carbonyl (C=O) groups is 3. The van der Waals surface area contributed by atoms with Crippen LogP contribution in [0.4, 0.5) is 20.6 Å². The maximum absolute atomic E-state index is 14.8. The van der Waals surface area contributed by atoms with E-state index in [-0.39, 0.29) is 36.6 Å². The fraction of sp³-hybridized carbons (Fsp3) is 0.474. The number of carbonyl (C=O) groups excluding carboxylic acids is 3. The zero-order valence-corrected chi connectivity index (χ0v) is 17.9. The standard InChI is InChI=1S/C19H25FN6O4S/c1-12(27)22-9-14-11-26(19(29)30-14)13-2-3-16(15(20)8-13)24-4-6-25(7-5-24)17(28)10-23-18(21)31/h2-3,8,14H,4-7,9-11H2,1H3,(H,22,27)(H3,21,23,31). The first-order valence-electron chi connectivity index (χ1n) is 9.82. The molecule has 2 aliphatic heterocycles. The average Bonchev–Trinajstić information content (AvgIpc) is 3.11. The molecule has 12 heteroatoms. The Hall–Kier alpha value is -3.15. The molecule has 0 aliphatic carbocycles. The highest BCUT2D eigenvalue weighted by atomic mass is 32.1. The van der Waals surface area contributed by atoms with Crippen molar-refractivity contribution in [3.63, 3.8) is 0 Å². The molecule has 0 spiro atoms. The van der Waals surface area contributed by atoms with Gasteiger partial charge in [-0.25, -0.2) is 9.18 Å². The Labute approximate surface area is 184 Å². The van der Waals surface area contributed by atoms with E-state index in [0.29, 0.717) is 37.6 Å². The second kappa shape index (κ2) is 9.77. The van der Waals surface area contributed by atoms with Crippen molar-refractivity contribution in [2.75, 3.05) is 55.6 Å². The van der Waals surface area contributed by atoms with Crippen molar-refractivity contribution in [2.45, 2.75) is 13.0 Å². The summed E-state index contributed by atoms with van der Waals surface area (Å²) in [5, 5.41) is 5.30. The van der Waals surface area contributed by atoms with Gasteiger partial charge in [0.15, 0.2) is 5.11 Å². The van der Waals surface area contributed by atoms with Crippen LogP contribution in [0, 0.1) is 5.82 Å². The van der Waals surface area contributed by atoms with Gasteiger partial charge in [-0.2, -0.15) is 0 Å². The van der Waals surface area contributed by atoms with Crippen LogP contribution in [0.2, 0.25) is 0 Å². The number of hydrogen-bond acceptors (Lipinski definition) is 6. The number of piperazine rings is 1. The molecule has 2 saturated heterocycles. The van der Waals surface area contributed by atoms with Crippen molar-refractivity contribution in [2.24, 2.45) is 5.73 Å². The van der Waals surface area contributed by atoms with Gasteiger partial charge < -0.3 is 30.9 Å². The van der Waals surface area contributed by atoms with Gasteiger partial charge in [0, 0.05) is 33.1 Å². The third-order valence-electron chi connectivity index (χ3n) is 5.08. The number of halogens is 1. The van der Waals surface area contributed by atoms with Crippen molar-refractivity contribution >= 4 is 46.6 Å². The first-order valence-corrected chi connectivity index (χ1v) is 10.2. The van der Waals surface area contributed by atoms with Crippen LogP contribution in [-0.2, 0) is 14.3 Å². The summed E-state index contributed by atoms with van der Waals surface area (Å²) in [6.45, 7) is 3.68. The number of hydrogen-bond donors (Lipinski definition) is 3. The summed E-state index contributed by atoms with van der Waals surface area (Å²) in [7, 11) is 0. The van der Waals surface area contributed by atoms with Crippen LogP contribution in [-0.4, -0.2) is 79.8 Å². The Morgan fingerprint density at radius 3 is 2.58 bits per heavy atom. The number of thiocarbonyl (C=S) groups is 1. The van der Waals surface area contributed by atoms with Crippen molar-refractivity contribution in [3.8, 4) is 0 Å². The van der Waals surface area contributed by atoms with Gasteiger partial charge in [-0.1, -0.05) is 0 Å². The lowest BCUT2D eigenvalue weighted by Gasteiger charge is -2.36. The topological polar surface area (TPSA) is 120 Å². The molecule has 3 rings (SSSR count). The SMILES string of the molecule is CC(=O)NCC1CN(c2ccc(N3CCN(C(=O)CNC(N)=S)CC3)c(F)c2)C(=O)O1. The number of nitrogens with zero attached hydrogens (tertiary/aromatic N) is 3. The Morgan fingerprint density at radius 2 is 1.97 bits per heavy atom. The van der Waals surface area contributed by atoms with Crippen LogP contribution in [0.3, 0.4) is 0 Å². The molecule has 1 atom stereocenters. The summed E-state index contributed by atoms with van der Waals surface area (Å²) in [6, 6.07) is 4.57. The Bertz CT molecular complexity index is 877. The number of anilines is 2. The smallest absolute Gasteiger partial charge is 0.414 e. The van der Waals surface area contributed by atoms with Crippen LogP contribution < -0.4 is 26.2 Å². The zero-order valence-electron chi connectivity index (χ0n) is 17.1. The predicted molar refractivity (Wildman–Crippen MR) is 116 cm³/mol. The second-order valence-electron chi connectivity index (χ2n) is 7.27. The van der Waals surface area contributed by atoms with Crippen LogP contribution >= 0.6 is 12.2 Å². The van der Waals surface area contributed by atoms with Gasteiger partial charge in [0.05, 0.1) is 31.0 Å². The van der Waals surface area contributed by atoms with Crippen LogP contribution in [0.25, 0.3) is 0 Å². The molecule has 3 amide bonds. The molecule has 0 aromatic heterocycles. The summed E-state index contributed by atoms with van der Waals surface area (Å²) >= 11 is 4.70. The summed E-state index contributed by atoms with van der Waals surface area (Å²) < 4.78 is 20.1. The van der Waals surface area contributed by atoms with Crippen LogP contribution in [0.5, 0.6) is 0 Å². The van der Waals surface area contributed by atoms with E-state index in [0.717, 1.165) is 0 Å². The molecule has 0 saturated carbocycles. The molecule has 1 aromatic carbocycles. The van der Waals surface area contributed by atoms with E-state index in [1.54, 1.807) is 17.0 Å². The van der Waals surface area contributed by atoms with Gasteiger partial charge in [-0.15, -0.1) is 0 Å². The minimum Gasteiger partial charge on any atom is -0.442 e. The van der Waals surface area contributed by atoms with Gasteiger partial charge >= 0.3 is 6.09 Å². The first-order chi connectivity index (χ1) is 14.7. The number of nitrogens with one attached hydrogen (secondary N) is 2. The number of ether oxygens (including phenoxy) is 1.